The van der Waals surface area contributed by atoms with E-state index in [-0.39, 0.29) is 0 Å². The minimum Gasteiger partial charge on any atom is -0.468 e. The lowest BCUT2D eigenvalue weighted by molar-refractivity contribution is -0.140. The zero-order valence-corrected chi connectivity index (χ0v) is 10.4. The Bertz CT molecular complexity index is 463. The number of halogens is 1. The number of methoxy groups -OCH3 is 1. The zero-order valence-electron chi connectivity index (χ0n) is 8.06. The van der Waals surface area contributed by atoms with Crippen LogP contribution in [0.3, 0.4) is 0 Å². The molecule has 1 aromatic heterocycles. The Morgan fingerprint density at radius 3 is 2.47 bits per heavy atom. The number of hydrogen-bond acceptors (Lipinski definition) is 5. The first-order valence-electron chi connectivity index (χ1n) is 3.88. The molecule has 0 bridgehead atoms. The van der Waals surface area contributed by atoms with E-state index < -0.39 is 21.1 Å². The van der Waals surface area contributed by atoms with E-state index in [1.165, 1.54) is 6.07 Å². The van der Waals surface area contributed by atoms with Crippen LogP contribution in [0.15, 0.2) is 12.1 Å². The second-order valence-corrected chi connectivity index (χ2v) is 6.75. The SMILES string of the molecule is COC(=O)C(c1ccc(Cl)s1)S(C)(=O)=O. The van der Waals surface area contributed by atoms with Gasteiger partial charge in [-0.3, -0.25) is 4.79 Å². The van der Waals surface area contributed by atoms with Gasteiger partial charge in [0.15, 0.2) is 15.1 Å². The first kappa shape index (κ1) is 12.5. The van der Waals surface area contributed by atoms with Gasteiger partial charge >= 0.3 is 5.97 Å². The number of ether oxygens (including phenoxy) is 1. The molecule has 1 atom stereocenters. The molecule has 4 nitrogen and oxygen atoms in total. The van der Waals surface area contributed by atoms with Crippen LogP contribution in [0.4, 0.5) is 0 Å². The van der Waals surface area contributed by atoms with E-state index in [0.29, 0.717) is 9.21 Å². The lowest BCUT2D eigenvalue weighted by Crippen LogP contribution is -2.21. The third-order valence-electron chi connectivity index (χ3n) is 1.70. The number of rotatable bonds is 3. The first-order chi connectivity index (χ1) is 6.86. The van der Waals surface area contributed by atoms with Crippen molar-refractivity contribution in [3.63, 3.8) is 0 Å². The van der Waals surface area contributed by atoms with Crippen LogP contribution < -0.4 is 0 Å². The minimum atomic E-state index is -3.54. The Balaban J connectivity index is 3.19. The van der Waals surface area contributed by atoms with E-state index in [1.807, 2.05) is 0 Å². The van der Waals surface area contributed by atoms with Gasteiger partial charge in [-0.25, -0.2) is 8.42 Å². The molecule has 0 spiro atoms. The Morgan fingerprint density at radius 1 is 1.53 bits per heavy atom. The van der Waals surface area contributed by atoms with Gasteiger partial charge in [0.2, 0.25) is 0 Å². The molecule has 1 aromatic rings. The summed E-state index contributed by atoms with van der Waals surface area (Å²) in [5.74, 6) is -0.795. The molecule has 0 radical (unpaired) electrons. The fourth-order valence-corrected chi connectivity index (χ4v) is 3.72. The Morgan fingerprint density at radius 2 is 2.13 bits per heavy atom. The second kappa shape index (κ2) is 4.51. The fraction of sp³-hybridized carbons (Fsp3) is 0.375. The molecule has 0 aliphatic rings. The monoisotopic (exact) mass is 268 g/mol. The molecule has 1 unspecified atom stereocenters. The quantitative estimate of drug-likeness (QED) is 0.783. The molecule has 15 heavy (non-hydrogen) atoms. The summed E-state index contributed by atoms with van der Waals surface area (Å²) in [7, 11) is -2.39. The third kappa shape index (κ3) is 2.93. The van der Waals surface area contributed by atoms with Crippen LogP contribution in [0.1, 0.15) is 10.1 Å². The molecule has 0 saturated carbocycles. The van der Waals surface area contributed by atoms with Crippen molar-refractivity contribution < 1.29 is 17.9 Å². The molecule has 0 aliphatic carbocycles. The van der Waals surface area contributed by atoms with E-state index in [9.17, 15) is 13.2 Å². The molecule has 0 aliphatic heterocycles. The van der Waals surface area contributed by atoms with Gasteiger partial charge in [-0.2, -0.15) is 0 Å². The Hall–Kier alpha value is -0.590. The van der Waals surface area contributed by atoms with Crippen LogP contribution in [0.2, 0.25) is 4.34 Å². The molecule has 0 amide bonds. The van der Waals surface area contributed by atoms with Crippen LogP contribution in [0.5, 0.6) is 0 Å². The molecule has 7 heteroatoms. The van der Waals surface area contributed by atoms with Crippen LogP contribution in [-0.2, 0) is 19.4 Å². The van der Waals surface area contributed by atoms with Gasteiger partial charge in [0, 0.05) is 11.1 Å². The highest BCUT2D eigenvalue weighted by Gasteiger charge is 2.32. The highest BCUT2D eigenvalue weighted by molar-refractivity contribution is 7.91. The number of carbonyl (C=O) groups excluding carboxylic acids is 1. The van der Waals surface area contributed by atoms with Crippen molar-refractivity contribution in [1.82, 2.24) is 0 Å². The zero-order chi connectivity index (χ0) is 11.6. The number of hydrogen-bond donors (Lipinski definition) is 0. The van der Waals surface area contributed by atoms with Gasteiger partial charge in [-0.05, 0) is 12.1 Å². The summed E-state index contributed by atoms with van der Waals surface area (Å²) >= 11 is 6.73. The summed E-state index contributed by atoms with van der Waals surface area (Å²) in [6, 6.07) is 3.05. The summed E-state index contributed by atoms with van der Waals surface area (Å²) in [4.78, 5) is 11.7. The summed E-state index contributed by atoms with van der Waals surface area (Å²) in [6.45, 7) is 0. The number of sulfone groups is 1. The third-order valence-corrected chi connectivity index (χ3v) is 4.44. The van der Waals surface area contributed by atoms with Crippen molar-refractivity contribution in [3.05, 3.63) is 21.3 Å². The van der Waals surface area contributed by atoms with Crippen LogP contribution in [0, 0.1) is 0 Å². The minimum absolute atomic E-state index is 0.370. The van der Waals surface area contributed by atoms with Crippen molar-refractivity contribution in [2.75, 3.05) is 13.4 Å². The normalized spacial score (nSPS) is 13.5. The number of carbonyl (C=O) groups is 1. The van der Waals surface area contributed by atoms with Crippen molar-refractivity contribution >= 4 is 38.7 Å². The summed E-state index contributed by atoms with van der Waals surface area (Å²) in [5.41, 5.74) is 0. The average molecular weight is 269 g/mol. The van der Waals surface area contributed by atoms with Gasteiger partial charge in [0.05, 0.1) is 11.4 Å². The van der Waals surface area contributed by atoms with Crippen LogP contribution in [-0.4, -0.2) is 27.8 Å². The molecule has 0 fully saturated rings. The maximum absolute atomic E-state index is 11.4. The molecule has 84 valence electrons. The van der Waals surface area contributed by atoms with Gasteiger partial charge in [0.1, 0.15) is 0 Å². The first-order valence-corrected chi connectivity index (χ1v) is 7.03. The van der Waals surface area contributed by atoms with Crippen molar-refractivity contribution in [2.24, 2.45) is 0 Å². The maximum Gasteiger partial charge on any atom is 0.329 e. The van der Waals surface area contributed by atoms with Gasteiger partial charge in [-0.1, -0.05) is 11.6 Å². The Labute approximate surface area is 96.7 Å². The molecule has 0 saturated heterocycles. The van der Waals surface area contributed by atoms with Crippen molar-refractivity contribution in [1.29, 1.82) is 0 Å². The lowest BCUT2D eigenvalue weighted by Gasteiger charge is -2.10. The predicted molar refractivity (Wildman–Crippen MR) is 58.9 cm³/mol. The molecular formula is C8H9ClO4S2. The van der Waals surface area contributed by atoms with Gasteiger partial charge in [0.25, 0.3) is 0 Å². The van der Waals surface area contributed by atoms with E-state index >= 15 is 0 Å². The van der Waals surface area contributed by atoms with Gasteiger partial charge in [-0.15, -0.1) is 11.3 Å². The van der Waals surface area contributed by atoms with Crippen LogP contribution >= 0.6 is 22.9 Å². The highest BCUT2D eigenvalue weighted by Crippen LogP contribution is 2.32. The molecule has 1 rings (SSSR count). The second-order valence-electron chi connectivity index (χ2n) is 2.87. The number of esters is 1. The smallest absolute Gasteiger partial charge is 0.329 e. The fourth-order valence-electron chi connectivity index (χ4n) is 1.08. The van der Waals surface area contributed by atoms with Crippen molar-refractivity contribution in [2.45, 2.75) is 5.25 Å². The average Bonchev–Trinajstić information content (AvgIpc) is 2.49. The standard InChI is InChI=1S/C8H9ClO4S2/c1-13-8(10)7(15(2,11)12)5-3-4-6(9)14-5/h3-4,7H,1-2H3. The van der Waals surface area contributed by atoms with Crippen molar-refractivity contribution in [3.8, 4) is 0 Å². The van der Waals surface area contributed by atoms with E-state index in [4.69, 9.17) is 11.6 Å². The molecule has 1 heterocycles. The van der Waals surface area contributed by atoms with E-state index in [0.717, 1.165) is 24.7 Å². The largest absolute Gasteiger partial charge is 0.468 e. The van der Waals surface area contributed by atoms with Gasteiger partial charge < -0.3 is 4.74 Å². The van der Waals surface area contributed by atoms with Crippen LogP contribution in [0.25, 0.3) is 0 Å². The Kier molecular flexibility index (Phi) is 3.75. The van der Waals surface area contributed by atoms with E-state index in [1.54, 1.807) is 6.07 Å². The predicted octanol–water partition coefficient (Wildman–Crippen LogP) is 1.66. The summed E-state index contributed by atoms with van der Waals surface area (Å²) < 4.78 is 27.7. The lowest BCUT2D eigenvalue weighted by atomic mass is 10.3. The maximum atomic E-state index is 11.4. The molecular weight excluding hydrogens is 260 g/mol. The molecule has 0 aromatic carbocycles. The molecule has 0 N–H and O–H groups in total. The van der Waals surface area contributed by atoms with E-state index in [2.05, 4.69) is 4.74 Å². The topological polar surface area (TPSA) is 60.4 Å². The highest BCUT2D eigenvalue weighted by atomic mass is 35.5. The summed E-state index contributed by atoms with van der Waals surface area (Å²) in [5, 5.41) is -1.28. The number of thiophene rings is 1. The summed E-state index contributed by atoms with van der Waals surface area (Å²) in [6.07, 6.45) is 0.988.